The molecule has 7 heteroatoms. The van der Waals surface area contributed by atoms with Crippen LogP contribution in [0.3, 0.4) is 0 Å². The normalized spacial score (nSPS) is 24.1. The van der Waals surface area contributed by atoms with Crippen LogP contribution in [0.15, 0.2) is 71.2 Å². The number of benzene rings is 3. The van der Waals surface area contributed by atoms with Gasteiger partial charge in [0.2, 0.25) is 11.8 Å². The Balaban J connectivity index is 1.50. The third-order valence-corrected chi connectivity index (χ3v) is 8.22. The van der Waals surface area contributed by atoms with Crippen molar-refractivity contribution in [1.29, 1.82) is 0 Å². The van der Waals surface area contributed by atoms with Crippen molar-refractivity contribution in [2.75, 3.05) is 9.80 Å². The molecule has 5 nitrogen and oxygen atoms in total. The highest BCUT2D eigenvalue weighted by molar-refractivity contribution is 9.10. The maximum atomic E-state index is 14.1. The second kappa shape index (κ2) is 8.43. The van der Waals surface area contributed by atoms with Gasteiger partial charge in [0.25, 0.3) is 0 Å². The highest BCUT2D eigenvalue weighted by Crippen LogP contribution is 2.50. The van der Waals surface area contributed by atoms with E-state index in [0.717, 1.165) is 26.9 Å². The number of fused-ring (bicyclic) bond motifs is 5. The molecular formula is C29H22BrClN2O3. The minimum atomic E-state index is -0.821. The van der Waals surface area contributed by atoms with E-state index >= 15 is 0 Å². The Morgan fingerprint density at radius 2 is 1.58 bits per heavy atom. The first-order chi connectivity index (χ1) is 17.3. The van der Waals surface area contributed by atoms with Crippen molar-refractivity contribution in [2.45, 2.75) is 25.9 Å². The summed E-state index contributed by atoms with van der Waals surface area (Å²) in [6.45, 7) is 3.87. The van der Waals surface area contributed by atoms with Crippen LogP contribution in [0.2, 0.25) is 5.02 Å². The van der Waals surface area contributed by atoms with Gasteiger partial charge in [0.05, 0.1) is 23.6 Å². The lowest BCUT2D eigenvalue weighted by atomic mass is 9.86. The van der Waals surface area contributed by atoms with Crippen LogP contribution in [0.4, 0.5) is 11.4 Å². The molecule has 0 aromatic heterocycles. The molecule has 3 aliphatic heterocycles. The maximum absolute atomic E-state index is 14.1. The number of anilines is 2. The van der Waals surface area contributed by atoms with Gasteiger partial charge in [0.15, 0.2) is 5.78 Å². The summed E-state index contributed by atoms with van der Waals surface area (Å²) in [5, 5.41) is 0.584. The molecule has 0 aliphatic carbocycles. The molecule has 3 aromatic rings. The van der Waals surface area contributed by atoms with Gasteiger partial charge in [-0.15, -0.1) is 0 Å². The Labute approximate surface area is 222 Å². The zero-order chi connectivity index (χ0) is 25.3. The molecule has 36 heavy (non-hydrogen) atoms. The van der Waals surface area contributed by atoms with Crippen molar-refractivity contribution in [3.05, 3.63) is 98.5 Å². The van der Waals surface area contributed by atoms with Crippen molar-refractivity contribution in [3.8, 4) is 0 Å². The van der Waals surface area contributed by atoms with Gasteiger partial charge in [-0.2, -0.15) is 0 Å². The first kappa shape index (κ1) is 23.2. The van der Waals surface area contributed by atoms with Gasteiger partial charge in [-0.3, -0.25) is 14.4 Å². The molecule has 3 heterocycles. The van der Waals surface area contributed by atoms with E-state index in [1.54, 1.807) is 18.2 Å². The molecule has 6 rings (SSSR count). The van der Waals surface area contributed by atoms with Crippen molar-refractivity contribution in [1.82, 2.24) is 0 Å². The highest BCUT2D eigenvalue weighted by Gasteiger charge is 2.64. The minimum Gasteiger partial charge on any atom is -0.352 e. The Morgan fingerprint density at radius 1 is 0.889 bits per heavy atom. The molecule has 180 valence electrons. The smallest absolute Gasteiger partial charge is 0.240 e. The van der Waals surface area contributed by atoms with Crippen LogP contribution in [0.25, 0.3) is 6.08 Å². The number of hydrogen-bond acceptors (Lipinski definition) is 4. The fourth-order valence-corrected chi connectivity index (χ4v) is 6.37. The topological polar surface area (TPSA) is 57.7 Å². The van der Waals surface area contributed by atoms with Crippen LogP contribution in [0.1, 0.15) is 27.0 Å². The SMILES string of the molecule is Cc1ccc(N2C(=O)[C@@H]3[C@@H](C2=O)[C@@H]2C=Cc4cc(Cl)ccc4N2[C@@H]3C(=O)c2ccc(Br)cc2)c(C)c1. The quantitative estimate of drug-likeness (QED) is 0.291. The zero-order valence-corrected chi connectivity index (χ0v) is 22.0. The minimum absolute atomic E-state index is 0.181. The summed E-state index contributed by atoms with van der Waals surface area (Å²) in [6, 6.07) is 17.0. The van der Waals surface area contributed by atoms with E-state index in [1.807, 2.05) is 73.4 Å². The third-order valence-electron chi connectivity index (χ3n) is 7.46. The predicted octanol–water partition coefficient (Wildman–Crippen LogP) is 5.99. The number of imide groups is 1. The van der Waals surface area contributed by atoms with Crippen molar-refractivity contribution >= 4 is 62.6 Å². The largest absolute Gasteiger partial charge is 0.352 e. The number of amides is 2. The second-order valence-electron chi connectivity index (χ2n) is 9.63. The number of Topliss-reactive ketones (excluding diaryl/α,β-unsaturated/α-hetero) is 1. The molecule has 0 spiro atoms. The van der Waals surface area contributed by atoms with Crippen molar-refractivity contribution in [2.24, 2.45) is 11.8 Å². The lowest BCUT2D eigenvalue weighted by molar-refractivity contribution is -0.122. The first-order valence-corrected chi connectivity index (χ1v) is 12.9. The average Bonchev–Trinajstić information content (AvgIpc) is 3.32. The van der Waals surface area contributed by atoms with Crippen molar-refractivity contribution in [3.63, 3.8) is 0 Å². The number of rotatable bonds is 3. The second-order valence-corrected chi connectivity index (χ2v) is 11.0. The summed E-state index contributed by atoms with van der Waals surface area (Å²) in [5.74, 6) is -2.24. The van der Waals surface area contributed by atoms with Gasteiger partial charge in [-0.05, 0) is 61.4 Å². The molecule has 2 fully saturated rings. The Hall–Kier alpha value is -3.22. The number of hydrogen-bond donors (Lipinski definition) is 0. The Bertz CT molecular complexity index is 1480. The Kier molecular flexibility index (Phi) is 5.43. The summed E-state index contributed by atoms with van der Waals surface area (Å²) >= 11 is 9.67. The van der Waals surface area contributed by atoms with E-state index in [2.05, 4.69) is 15.9 Å². The van der Waals surface area contributed by atoms with E-state index in [-0.39, 0.29) is 17.6 Å². The van der Waals surface area contributed by atoms with Crippen LogP contribution < -0.4 is 9.80 Å². The zero-order valence-electron chi connectivity index (χ0n) is 19.6. The number of halogens is 2. The molecule has 2 amide bonds. The van der Waals surface area contributed by atoms with Crippen LogP contribution >= 0.6 is 27.5 Å². The molecule has 3 aliphatic rings. The van der Waals surface area contributed by atoms with E-state index in [9.17, 15) is 14.4 Å². The molecule has 3 aromatic carbocycles. The third kappa shape index (κ3) is 3.39. The first-order valence-electron chi connectivity index (χ1n) is 11.8. The van der Waals surface area contributed by atoms with Gasteiger partial charge >= 0.3 is 0 Å². The summed E-state index contributed by atoms with van der Waals surface area (Å²) in [5.41, 5.74) is 4.64. The number of carbonyl (C=O) groups excluding carboxylic acids is 3. The number of ketones is 1. The van der Waals surface area contributed by atoms with Gasteiger partial charge in [-0.1, -0.05) is 69.5 Å². The fraction of sp³-hybridized carbons (Fsp3) is 0.207. The summed E-state index contributed by atoms with van der Waals surface area (Å²) in [4.78, 5) is 45.2. The predicted molar refractivity (Wildman–Crippen MR) is 144 cm³/mol. The lowest BCUT2D eigenvalue weighted by Gasteiger charge is -2.36. The van der Waals surface area contributed by atoms with Gasteiger partial charge in [0, 0.05) is 20.7 Å². The van der Waals surface area contributed by atoms with E-state index in [0.29, 0.717) is 16.3 Å². The van der Waals surface area contributed by atoms with E-state index in [1.165, 1.54) is 4.90 Å². The summed E-state index contributed by atoms with van der Waals surface area (Å²) < 4.78 is 0.857. The summed E-state index contributed by atoms with van der Waals surface area (Å²) in [7, 11) is 0. The average molecular weight is 562 g/mol. The van der Waals surface area contributed by atoms with Gasteiger partial charge in [0.1, 0.15) is 6.04 Å². The standard InChI is InChI=1S/C29H22BrClN2O3/c1-15-3-10-21(16(2)13-15)33-28(35)24-23-11-6-18-14-20(31)9-12-22(18)32(23)26(25(24)29(33)36)27(34)17-4-7-19(30)8-5-17/h3-14,23-26H,1-2H3/t23-,24-,25+,26-/m0/s1. The molecule has 4 atom stereocenters. The molecule has 0 unspecified atom stereocenters. The lowest BCUT2D eigenvalue weighted by Crippen LogP contribution is -2.49. The molecule has 0 N–H and O–H groups in total. The Morgan fingerprint density at radius 3 is 2.31 bits per heavy atom. The molecular weight excluding hydrogens is 540 g/mol. The monoisotopic (exact) mass is 560 g/mol. The highest BCUT2D eigenvalue weighted by atomic mass is 79.9. The summed E-state index contributed by atoms with van der Waals surface area (Å²) in [6.07, 6.45) is 3.87. The van der Waals surface area contributed by atoms with Gasteiger partial charge < -0.3 is 4.90 Å². The molecule has 2 saturated heterocycles. The van der Waals surface area contributed by atoms with Crippen LogP contribution in [-0.4, -0.2) is 29.7 Å². The van der Waals surface area contributed by atoms with Gasteiger partial charge in [-0.25, -0.2) is 4.90 Å². The van der Waals surface area contributed by atoms with Crippen LogP contribution in [-0.2, 0) is 9.59 Å². The van der Waals surface area contributed by atoms with Crippen LogP contribution in [0, 0.1) is 25.7 Å². The van der Waals surface area contributed by atoms with E-state index < -0.39 is 23.9 Å². The molecule has 0 saturated carbocycles. The van der Waals surface area contributed by atoms with Crippen molar-refractivity contribution < 1.29 is 14.4 Å². The molecule has 0 radical (unpaired) electrons. The fourth-order valence-electron chi connectivity index (χ4n) is 5.92. The maximum Gasteiger partial charge on any atom is 0.240 e. The number of aryl methyl sites for hydroxylation is 2. The number of carbonyl (C=O) groups is 3. The number of nitrogens with zero attached hydrogens (tertiary/aromatic N) is 2. The van der Waals surface area contributed by atoms with Crippen LogP contribution in [0.5, 0.6) is 0 Å². The molecule has 0 bridgehead atoms. The van der Waals surface area contributed by atoms with E-state index in [4.69, 9.17) is 11.6 Å².